The maximum atomic E-state index is 2.51. The van der Waals surface area contributed by atoms with Crippen molar-refractivity contribution in [2.75, 3.05) is 0 Å². The zero-order valence-electron chi connectivity index (χ0n) is 12.2. The summed E-state index contributed by atoms with van der Waals surface area (Å²) in [6.45, 7) is 19.2. The average Bonchev–Trinajstić information content (AvgIpc) is 2.05. The van der Waals surface area contributed by atoms with E-state index >= 15 is 0 Å². The van der Waals surface area contributed by atoms with Gasteiger partial charge in [0.15, 0.2) is 0 Å². The van der Waals surface area contributed by atoms with E-state index in [4.69, 9.17) is 0 Å². The molecule has 0 aliphatic carbocycles. The third-order valence-electron chi connectivity index (χ3n) is 3.34. The molecule has 90 valence electrons. The number of benzene rings is 1. The molecule has 0 aliphatic rings. The average molecular weight is 251 g/mol. The summed E-state index contributed by atoms with van der Waals surface area (Å²) in [6.07, 6.45) is 0. The van der Waals surface area contributed by atoms with Crippen molar-refractivity contribution < 1.29 is 0 Å². The third kappa shape index (κ3) is 2.86. The Kier molecular flexibility index (Phi) is 3.56. The minimum absolute atomic E-state index is 1.18. The monoisotopic (exact) mass is 250 g/mol. The van der Waals surface area contributed by atoms with Gasteiger partial charge >= 0.3 is 0 Å². The molecule has 0 bridgehead atoms. The van der Waals surface area contributed by atoms with Gasteiger partial charge in [-0.15, -0.1) is 0 Å². The number of hydrogen-bond acceptors (Lipinski definition) is 0. The Bertz CT molecular complexity index is 392. The fourth-order valence-electron chi connectivity index (χ4n) is 2.07. The largest absolute Gasteiger partial charge is 0.0779 e. The molecule has 1 rings (SSSR count). The van der Waals surface area contributed by atoms with Crippen LogP contribution in [0.15, 0.2) is 12.1 Å². The lowest BCUT2D eigenvalue weighted by atomic mass is 10.1. The molecule has 0 amide bonds. The maximum absolute atomic E-state index is 2.51. The van der Waals surface area contributed by atoms with E-state index in [1.165, 1.54) is 11.1 Å². The van der Waals surface area contributed by atoms with Crippen molar-refractivity contribution in [1.82, 2.24) is 0 Å². The fourth-order valence-corrected chi connectivity index (χ4v) is 5.35. The molecular formula is C14H26Si2. The van der Waals surface area contributed by atoms with Crippen LogP contribution in [0.3, 0.4) is 0 Å². The van der Waals surface area contributed by atoms with Crippen LogP contribution in [-0.4, -0.2) is 16.1 Å². The Labute approximate surface area is 103 Å². The summed E-state index contributed by atoms with van der Waals surface area (Å²) < 4.78 is 0. The third-order valence-corrected chi connectivity index (χ3v) is 7.50. The van der Waals surface area contributed by atoms with Gasteiger partial charge in [0.05, 0.1) is 16.1 Å². The zero-order chi connectivity index (χ0) is 12.7. The molecule has 0 radical (unpaired) electrons. The number of hydrogen-bond donors (Lipinski definition) is 0. The first-order chi connectivity index (χ1) is 7.03. The van der Waals surface area contributed by atoms with Crippen molar-refractivity contribution in [2.24, 2.45) is 0 Å². The van der Waals surface area contributed by atoms with Crippen LogP contribution >= 0.6 is 0 Å². The van der Waals surface area contributed by atoms with Crippen LogP contribution in [0.1, 0.15) is 11.1 Å². The summed E-state index contributed by atoms with van der Waals surface area (Å²) in [5.74, 6) is 0. The molecule has 0 saturated heterocycles. The van der Waals surface area contributed by atoms with Crippen LogP contribution in [0.4, 0.5) is 0 Å². The van der Waals surface area contributed by atoms with Crippen molar-refractivity contribution in [3.8, 4) is 0 Å². The van der Waals surface area contributed by atoms with Gasteiger partial charge in [-0.2, -0.15) is 0 Å². The van der Waals surface area contributed by atoms with E-state index in [2.05, 4.69) is 65.3 Å². The fraction of sp³-hybridized carbons (Fsp3) is 0.571. The lowest BCUT2D eigenvalue weighted by Gasteiger charge is -2.26. The summed E-state index contributed by atoms with van der Waals surface area (Å²) in [6, 6.07) is 4.94. The second-order valence-corrected chi connectivity index (χ2v) is 17.1. The van der Waals surface area contributed by atoms with E-state index in [1.54, 1.807) is 10.4 Å². The second kappa shape index (κ2) is 4.15. The topological polar surface area (TPSA) is 0 Å². The van der Waals surface area contributed by atoms with Crippen LogP contribution in [-0.2, 0) is 0 Å². The quantitative estimate of drug-likeness (QED) is 0.706. The minimum atomic E-state index is -1.20. The number of rotatable bonds is 2. The van der Waals surface area contributed by atoms with Gasteiger partial charge < -0.3 is 0 Å². The Morgan fingerprint density at radius 2 is 1.25 bits per heavy atom. The van der Waals surface area contributed by atoms with Crippen LogP contribution < -0.4 is 10.4 Å². The molecule has 0 fully saturated rings. The van der Waals surface area contributed by atoms with Gasteiger partial charge in [-0.05, 0) is 25.0 Å². The first-order valence-corrected chi connectivity index (χ1v) is 13.2. The molecule has 1 aromatic carbocycles. The molecule has 0 nitrogen and oxygen atoms in total. The summed E-state index contributed by atoms with van der Waals surface area (Å²) in [4.78, 5) is 0. The lowest BCUT2D eigenvalue weighted by Crippen LogP contribution is -2.46. The van der Waals surface area contributed by atoms with Gasteiger partial charge in [0, 0.05) is 0 Å². The van der Waals surface area contributed by atoms with Crippen molar-refractivity contribution in [3.63, 3.8) is 0 Å². The lowest BCUT2D eigenvalue weighted by molar-refractivity contribution is 1.36. The summed E-state index contributed by atoms with van der Waals surface area (Å²) >= 11 is 0. The highest BCUT2D eigenvalue weighted by atomic mass is 28.3. The van der Waals surface area contributed by atoms with Gasteiger partial charge in [-0.25, -0.2) is 0 Å². The van der Waals surface area contributed by atoms with Gasteiger partial charge in [0.25, 0.3) is 0 Å². The molecular weight excluding hydrogens is 224 g/mol. The Morgan fingerprint density at radius 1 is 0.750 bits per heavy atom. The maximum Gasteiger partial charge on any atom is 0.0779 e. The van der Waals surface area contributed by atoms with E-state index in [0.29, 0.717) is 0 Å². The molecule has 0 saturated carbocycles. The van der Waals surface area contributed by atoms with Gasteiger partial charge in [-0.3, -0.25) is 0 Å². The molecule has 0 spiro atoms. The van der Waals surface area contributed by atoms with Gasteiger partial charge in [-0.1, -0.05) is 61.8 Å². The molecule has 0 aliphatic heterocycles. The smallest absolute Gasteiger partial charge is 0.0656 e. The van der Waals surface area contributed by atoms with Crippen molar-refractivity contribution >= 4 is 26.5 Å². The van der Waals surface area contributed by atoms with Crippen LogP contribution in [0.25, 0.3) is 0 Å². The Balaban J connectivity index is 3.46. The summed E-state index contributed by atoms with van der Waals surface area (Å²) in [5.41, 5.74) is 3.01. The molecule has 1 aromatic rings. The van der Waals surface area contributed by atoms with Crippen molar-refractivity contribution in [1.29, 1.82) is 0 Å². The molecule has 16 heavy (non-hydrogen) atoms. The molecule has 0 aromatic heterocycles. The molecule has 0 heterocycles. The standard InChI is InChI=1S/C14H26Si2/c1-11-9-13(15(3,4)5)10-14(12(11)2)16(6,7)8/h9-10H,1-8H3. The first-order valence-electron chi connectivity index (χ1n) is 6.15. The van der Waals surface area contributed by atoms with E-state index in [9.17, 15) is 0 Å². The van der Waals surface area contributed by atoms with Crippen LogP contribution in [0.5, 0.6) is 0 Å². The Hall–Kier alpha value is -0.346. The van der Waals surface area contributed by atoms with E-state index < -0.39 is 16.1 Å². The highest BCUT2D eigenvalue weighted by Gasteiger charge is 2.24. The normalized spacial score (nSPS) is 13.0. The second-order valence-electron chi connectivity index (χ2n) is 6.97. The molecule has 2 heteroatoms. The van der Waals surface area contributed by atoms with Crippen molar-refractivity contribution in [3.05, 3.63) is 23.3 Å². The minimum Gasteiger partial charge on any atom is -0.0656 e. The summed E-state index contributed by atoms with van der Waals surface area (Å²) in [7, 11) is -2.37. The van der Waals surface area contributed by atoms with Gasteiger partial charge in [0.2, 0.25) is 0 Å². The first kappa shape index (κ1) is 13.7. The van der Waals surface area contributed by atoms with E-state index in [0.717, 1.165) is 0 Å². The highest BCUT2D eigenvalue weighted by molar-refractivity contribution is 6.91. The van der Waals surface area contributed by atoms with Crippen LogP contribution in [0.2, 0.25) is 39.3 Å². The highest BCUT2D eigenvalue weighted by Crippen LogP contribution is 2.12. The van der Waals surface area contributed by atoms with Crippen LogP contribution in [0, 0.1) is 13.8 Å². The van der Waals surface area contributed by atoms with Crippen molar-refractivity contribution in [2.45, 2.75) is 53.1 Å². The number of aryl methyl sites for hydroxylation is 1. The summed E-state index contributed by atoms with van der Waals surface area (Å²) in [5, 5.41) is 3.28. The van der Waals surface area contributed by atoms with E-state index in [-0.39, 0.29) is 0 Å². The Morgan fingerprint density at radius 3 is 1.62 bits per heavy atom. The van der Waals surface area contributed by atoms with E-state index in [1.807, 2.05) is 0 Å². The zero-order valence-corrected chi connectivity index (χ0v) is 14.2. The SMILES string of the molecule is Cc1cc([Si](C)(C)C)cc([Si](C)(C)C)c1C. The molecule has 0 N–H and O–H groups in total. The molecule has 0 atom stereocenters. The predicted octanol–water partition coefficient (Wildman–Crippen LogP) is 3.39. The predicted molar refractivity (Wildman–Crippen MR) is 81.9 cm³/mol. The van der Waals surface area contributed by atoms with Gasteiger partial charge in [0.1, 0.15) is 0 Å². The molecule has 0 unspecified atom stereocenters.